The van der Waals surface area contributed by atoms with Gasteiger partial charge in [-0.15, -0.1) is 0 Å². The van der Waals surface area contributed by atoms with Gasteiger partial charge in [0.15, 0.2) is 0 Å². The second-order valence-electron chi connectivity index (χ2n) is 4.72. The summed E-state index contributed by atoms with van der Waals surface area (Å²) in [5.74, 6) is 1.60. The molecular formula is C12H23NO. The molecule has 1 N–H and O–H groups in total. The molecular weight excluding hydrogens is 174 g/mol. The van der Waals surface area contributed by atoms with Gasteiger partial charge in [0.2, 0.25) is 5.91 Å². The molecule has 2 heteroatoms. The van der Waals surface area contributed by atoms with Crippen LogP contribution in [0.1, 0.15) is 52.9 Å². The molecule has 14 heavy (non-hydrogen) atoms. The van der Waals surface area contributed by atoms with Crippen LogP contribution in [0.15, 0.2) is 0 Å². The normalized spacial score (nSPS) is 27.7. The van der Waals surface area contributed by atoms with E-state index in [9.17, 15) is 4.79 Å². The zero-order valence-corrected chi connectivity index (χ0v) is 9.68. The van der Waals surface area contributed by atoms with E-state index in [0.717, 1.165) is 0 Å². The van der Waals surface area contributed by atoms with Gasteiger partial charge in [0.05, 0.1) is 0 Å². The Hall–Kier alpha value is -0.530. The predicted octanol–water partition coefficient (Wildman–Crippen LogP) is 2.73. The van der Waals surface area contributed by atoms with Crippen molar-refractivity contribution >= 4 is 5.91 Å². The van der Waals surface area contributed by atoms with Crippen LogP contribution in [0.4, 0.5) is 0 Å². The fourth-order valence-electron chi connectivity index (χ4n) is 2.45. The highest BCUT2D eigenvalue weighted by atomic mass is 16.1. The lowest BCUT2D eigenvalue weighted by Gasteiger charge is -2.34. The molecule has 1 rings (SSSR count). The van der Waals surface area contributed by atoms with Gasteiger partial charge >= 0.3 is 0 Å². The Morgan fingerprint density at radius 2 is 2.00 bits per heavy atom. The Kier molecular flexibility index (Phi) is 4.43. The number of amides is 1. The third-order valence-electron chi connectivity index (χ3n) is 3.34. The van der Waals surface area contributed by atoms with Gasteiger partial charge < -0.3 is 5.32 Å². The second kappa shape index (κ2) is 5.38. The van der Waals surface area contributed by atoms with E-state index < -0.39 is 0 Å². The van der Waals surface area contributed by atoms with Crippen molar-refractivity contribution in [3.8, 4) is 0 Å². The van der Waals surface area contributed by atoms with Gasteiger partial charge in [0.25, 0.3) is 0 Å². The molecule has 82 valence electrons. The van der Waals surface area contributed by atoms with Crippen LogP contribution in [-0.2, 0) is 4.79 Å². The van der Waals surface area contributed by atoms with E-state index in [2.05, 4.69) is 19.2 Å². The molecule has 0 aromatic rings. The number of hydrogen-bond acceptors (Lipinski definition) is 1. The molecule has 1 fully saturated rings. The van der Waals surface area contributed by atoms with Crippen molar-refractivity contribution in [3.05, 3.63) is 0 Å². The first-order valence-corrected chi connectivity index (χ1v) is 5.94. The molecule has 0 bridgehead atoms. The molecule has 0 aromatic heterocycles. The Morgan fingerprint density at radius 3 is 2.57 bits per heavy atom. The van der Waals surface area contributed by atoms with Gasteiger partial charge in [-0.05, 0) is 24.7 Å². The lowest BCUT2D eigenvalue weighted by atomic mass is 9.78. The summed E-state index contributed by atoms with van der Waals surface area (Å²) in [6, 6.07) is 0.441. The average Bonchev–Trinajstić information content (AvgIpc) is 2.18. The van der Waals surface area contributed by atoms with Crippen LogP contribution in [0.5, 0.6) is 0 Å². The summed E-state index contributed by atoms with van der Waals surface area (Å²) in [7, 11) is 0. The van der Waals surface area contributed by atoms with Gasteiger partial charge in [-0.1, -0.05) is 33.6 Å². The standard InChI is InChI=1S/C12H23NO/c1-4-12(14)13-11-8-6-5-7-10(11)9(2)3/h9-11H,4-8H2,1-3H3,(H,13,14). The first kappa shape index (κ1) is 11.5. The molecule has 0 aromatic carbocycles. The van der Waals surface area contributed by atoms with Crippen molar-refractivity contribution < 1.29 is 4.79 Å². The SMILES string of the molecule is CCC(=O)NC1CCCCC1C(C)C. The first-order valence-electron chi connectivity index (χ1n) is 5.94. The number of rotatable bonds is 3. The van der Waals surface area contributed by atoms with Gasteiger partial charge in [-0.25, -0.2) is 0 Å². The number of nitrogens with one attached hydrogen (secondary N) is 1. The maximum atomic E-state index is 11.3. The molecule has 2 atom stereocenters. The minimum atomic E-state index is 0.211. The summed E-state index contributed by atoms with van der Waals surface area (Å²) >= 11 is 0. The van der Waals surface area contributed by atoms with E-state index in [1.165, 1.54) is 25.7 Å². The Morgan fingerprint density at radius 1 is 1.36 bits per heavy atom. The van der Waals surface area contributed by atoms with Crippen LogP contribution in [0.3, 0.4) is 0 Å². The van der Waals surface area contributed by atoms with Gasteiger partial charge in [-0.3, -0.25) is 4.79 Å². The van der Waals surface area contributed by atoms with E-state index in [-0.39, 0.29) is 5.91 Å². The molecule has 1 aliphatic carbocycles. The molecule has 0 aliphatic heterocycles. The highest BCUT2D eigenvalue weighted by molar-refractivity contribution is 5.75. The smallest absolute Gasteiger partial charge is 0.219 e. The minimum absolute atomic E-state index is 0.211. The van der Waals surface area contributed by atoms with Crippen molar-refractivity contribution in [2.45, 2.75) is 58.9 Å². The summed E-state index contributed by atoms with van der Waals surface area (Å²) in [6.45, 7) is 6.45. The number of carbonyl (C=O) groups excluding carboxylic acids is 1. The zero-order chi connectivity index (χ0) is 10.6. The van der Waals surface area contributed by atoms with Crippen molar-refractivity contribution in [2.24, 2.45) is 11.8 Å². The highest BCUT2D eigenvalue weighted by Crippen LogP contribution is 2.30. The minimum Gasteiger partial charge on any atom is -0.353 e. The van der Waals surface area contributed by atoms with Crippen LogP contribution in [0, 0.1) is 11.8 Å². The van der Waals surface area contributed by atoms with E-state index in [0.29, 0.717) is 24.3 Å². The van der Waals surface area contributed by atoms with E-state index >= 15 is 0 Å². The predicted molar refractivity (Wildman–Crippen MR) is 59.0 cm³/mol. The zero-order valence-electron chi connectivity index (χ0n) is 9.68. The molecule has 0 saturated heterocycles. The third kappa shape index (κ3) is 3.00. The number of hydrogen-bond donors (Lipinski definition) is 1. The molecule has 0 spiro atoms. The second-order valence-corrected chi connectivity index (χ2v) is 4.72. The van der Waals surface area contributed by atoms with Crippen LogP contribution < -0.4 is 5.32 Å². The van der Waals surface area contributed by atoms with Gasteiger partial charge in [-0.2, -0.15) is 0 Å². The maximum absolute atomic E-state index is 11.3. The summed E-state index contributed by atoms with van der Waals surface area (Å²) < 4.78 is 0. The van der Waals surface area contributed by atoms with E-state index in [1.54, 1.807) is 0 Å². The van der Waals surface area contributed by atoms with Crippen LogP contribution in [0.2, 0.25) is 0 Å². The largest absolute Gasteiger partial charge is 0.353 e. The van der Waals surface area contributed by atoms with Crippen LogP contribution in [0.25, 0.3) is 0 Å². The van der Waals surface area contributed by atoms with Crippen molar-refractivity contribution in [3.63, 3.8) is 0 Å². The summed E-state index contributed by atoms with van der Waals surface area (Å²) in [6.07, 6.45) is 5.68. The van der Waals surface area contributed by atoms with Crippen LogP contribution in [-0.4, -0.2) is 11.9 Å². The molecule has 1 saturated carbocycles. The Bertz CT molecular complexity index is 189. The van der Waals surface area contributed by atoms with Crippen LogP contribution >= 0.6 is 0 Å². The van der Waals surface area contributed by atoms with Gasteiger partial charge in [0.1, 0.15) is 0 Å². The monoisotopic (exact) mass is 197 g/mol. The Balaban J connectivity index is 2.49. The molecule has 2 unspecified atom stereocenters. The average molecular weight is 197 g/mol. The van der Waals surface area contributed by atoms with Crippen molar-refractivity contribution in [1.29, 1.82) is 0 Å². The van der Waals surface area contributed by atoms with E-state index in [4.69, 9.17) is 0 Å². The molecule has 2 nitrogen and oxygen atoms in total. The quantitative estimate of drug-likeness (QED) is 0.740. The first-order chi connectivity index (χ1) is 6.65. The molecule has 1 amide bonds. The van der Waals surface area contributed by atoms with Crippen molar-refractivity contribution in [2.75, 3.05) is 0 Å². The Labute approximate surface area is 87.5 Å². The lowest BCUT2D eigenvalue weighted by molar-refractivity contribution is -0.122. The fourth-order valence-corrected chi connectivity index (χ4v) is 2.45. The summed E-state index contributed by atoms with van der Waals surface area (Å²) in [5.41, 5.74) is 0. The molecule has 0 heterocycles. The van der Waals surface area contributed by atoms with Crippen molar-refractivity contribution in [1.82, 2.24) is 5.32 Å². The summed E-state index contributed by atoms with van der Waals surface area (Å²) in [5, 5.41) is 3.16. The lowest BCUT2D eigenvalue weighted by Crippen LogP contribution is -2.43. The van der Waals surface area contributed by atoms with E-state index in [1.807, 2.05) is 6.92 Å². The topological polar surface area (TPSA) is 29.1 Å². The summed E-state index contributed by atoms with van der Waals surface area (Å²) in [4.78, 5) is 11.3. The molecule has 0 radical (unpaired) electrons. The number of carbonyl (C=O) groups is 1. The van der Waals surface area contributed by atoms with Gasteiger partial charge in [0, 0.05) is 12.5 Å². The fraction of sp³-hybridized carbons (Fsp3) is 0.917. The maximum Gasteiger partial charge on any atom is 0.219 e. The third-order valence-corrected chi connectivity index (χ3v) is 3.34. The molecule has 1 aliphatic rings. The highest BCUT2D eigenvalue weighted by Gasteiger charge is 2.27.